The summed E-state index contributed by atoms with van der Waals surface area (Å²) in [6.45, 7) is 7.12. The zero-order chi connectivity index (χ0) is 18.1. The molecule has 2 rings (SSSR count). The lowest BCUT2D eigenvalue weighted by molar-refractivity contribution is -0.121. The quantitative estimate of drug-likeness (QED) is 0.557. The van der Waals surface area contributed by atoms with Crippen LogP contribution in [-0.2, 0) is 11.3 Å². The Hall–Kier alpha value is -1.84. The number of rotatable bonds is 11. The number of carbonyl (C=O) groups excluding carboxylic acids is 1. The molecule has 2 aromatic rings. The molecule has 0 bridgehead atoms. The first-order chi connectivity index (χ1) is 12.2. The number of imidazole rings is 1. The number of fused-ring (bicyclic) bond motifs is 1. The highest BCUT2D eigenvalue weighted by Crippen LogP contribution is 2.22. The number of amides is 1. The summed E-state index contributed by atoms with van der Waals surface area (Å²) in [5, 5.41) is 3.05. The van der Waals surface area contributed by atoms with Gasteiger partial charge in [-0.15, -0.1) is 0 Å². The van der Waals surface area contributed by atoms with Crippen molar-refractivity contribution < 1.29 is 4.79 Å². The second-order valence-corrected chi connectivity index (χ2v) is 6.87. The van der Waals surface area contributed by atoms with Crippen LogP contribution in [0.4, 0.5) is 0 Å². The molecule has 1 atom stereocenters. The lowest BCUT2D eigenvalue weighted by Gasteiger charge is -2.16. The van der Waals surface area contributed by atoms with Gasteiger partial charge in [-0.05, 0) is 25.5 Å². The van der Waals surface area contributed by atoms with Crippen LogP contribution in [0.3, 0.4) is 0 Å². The fourth-order valence-corrected chi connectivity index (χ4v) is 3.29. The first kappa shape index (κ1) is 19.5. The maximum absolute atomic E-state index is 11.8. The second kappa shape index (κ2) is 10.2. The van der Waals surface area contributed by atoms with E-state index in [2.05, 4.69) is 35.0 Å². The molecular weight excluding hydrogens is 310 g/mol. The molecule has 4 nitrogen and oxygen atoms in total. The Bertz CT molecular complexity index is 662. The molecule has 0 aliphatic rings. The van der Waals surface area contributed by atoms with Crippen molar-refractivity contribution in [3.05, 3.63) is 30.1 Å². The van der Waals surface area contributed by atoms with Crippen LogP contribution in [0.2, 0.25) is 0 Å². The van der Waals surface area contributed by atoms with E-state index in [1.54, 1.807) is 0 Å². The Labute approximate surface area is 152 Å². The third-order valence-electron chi connectivity index (χ3n) is 4.76. The highest BCUT2D eigenvalue weighted by molar-refractivity contribution is 5.77. The van der Waals surface area contributed by atoms with Crippen LogP contribution in [0.5, 0.6) is 0 Å². The Balaban J connectivity index is 2.03. The number of para-hydroxylation sites is 2. The van der Waals surface area contributed by atoms with Crippen molar-refractivity contribution in [1.29, 1.82) is 0 Å². The summed E-state index contributed by atoms with van der Waals surface area (Å²) in [6, 6.07) is 8.19. The van der Waals surface area contributed by atoms with Crippen LogP contribution < -0.4 is 5.32 Å². The monoisotopic (exact) mass is 343 g/mol. The first-order valence-corrected chi connectivity index (χ1v) is 9.91. The van der Waals surface area contributed by atoms with E-state index in [-0.39, 0.29) is 11.9 Å². The lowest BCUT2D eigenvalue weighted by atomic mass is 10.1. The van der Waals surface area contributed by atoms with Crippen molar-refractivity contribution in [3.63, 3.8) is 0 Å². The highest BCUT2D eigenvalue weighted by atomic mass is 16.1. The number of nitrogens with zero attached hydrogens (tertiary/aromatic N) is 2. The van der Waals surface area contributed by atoms with Crippen molar-refractivity contribution in [2.24, 2.45) is 0 Å². The average Bonchev–Trinajstić information content (AvgIpc) is 2.99. The molecule has 4 heteroatoms. The van der Waals surface area contributed by atoms with Crippen molar-refractivity contribution in [2.45, 2.75) is 84.7 Å². The van der Waals surface area contributed by atoms with Gasteiger partial charge in [0.2, 0.25) is 5.91 Å². The van der Waals surface area contributed by atoms with Gasteiger partial charge in [0.25, 0.3) is 0 Å². The Morgan fingerprint density at radius 3 is 2.48 bits per heavy atom. The molecule has 0 saturated carbocycles. The third kappa shape index (κ3) is 5.58. The molecule has 0 aliphatic heterocycles. The molecule has 1 aromatic carbocycles. The lowest BCUT2D eigenvalue weighted by Crippen LogP contribution is -2.28. The van der Waals surface area contributed by atoms with Gasteiger partial charge >= 0.3 is 0 Å². The minimum atomic E-state index is -0.0654. The Morgan fingerprint density at radius 2 is 1.76 bits per heavy atom. The maximum Gasteiger partial charge on any atom is 0.220 e. The molecule has 0 saturated heterocycles. The number of benzene rings is 1. The van der Waals surface area contributed by atoms with Gasteiger partial charge in [-0.3, -0.25) is 4.79 Å². The zero-order valence-corrected chi connectivity index (χ0v) is 16.1. The summed E-state index contributed by atoms with van der Waals surface area (Å²) in [5.74, 6) is 1.04. The minimum absolute atomic E-state index is 0.0654. The molecule has 0 spiro atoms. The van der Waals surface area contributed by atoms with Crippen LogP contribution in [-0.4, -0.2) is 15.5 Å². The summed E-state index contributed by atoms with van der Waals surface area (Å²) in [7, 11) is 0. The molecule has 1 N–H and O–H groups in total. The van der Waals surface area contributed by atoms with Gasteiger partial charge in [-0.25, -0.2) is 4.98 Å². The van der Waals surface area contributed by atoms with Gasteiger partial charge in [0.05, 0.1) is 17.1 Å². The number of nitrogens with one attached hydrogen (secondary N) is 1. The van der Waals surface area contributed by atoms with E-state index in [1.807, 2.05) is 19.9 Å². The second-order valence-electron chi connectivity index (χ2n) is 6.87. The normalized spacial score (nSPS) is 12.4. The summed E-state index contributed by atoms with van der Waals surface area (Å²) in [4.78, 5) is 16.5. The highest BCUT2D eigenvalue weighted by Gasteiger charge is 2.17. The number of hydrogen-bond acceptors (Lipinski definition) is 2. The van der Waals surface area contributed by atoms with Crippen molar-refractivity contribution in [3.8, 4) is 0 Å². The Morgan fingerprint density at radius 1 is 1.08 bits per heavy atom. The van der Waals surface area contributed by atoms with E-state index in [0.29, 0.717) is 6.42 Å². The number of aryl methyl sites for hydroxylation is 1. The number of unbranched alkanes of at least 4 members (excludes halogenated alkanes) is 6. The van der Waals surface area contributed by atoms with Crippen LogP contribution >= 0.6 is 0 Å². The average molecular weight is 344 g/mol. The topological polar surface area (TPSA) is 46.9 Å². The molecule has 1 unspecified atom stereocenters. The largest absolute Gasteiger partial charge is 0.346 e. The zero-order valence-electron chi connectivity index (χ0n) is 16.1. The van der Waals surface area contributed by atoms with Crippen molar-refractivity contribution >= 4 is 16.9 Å². The Kier molecular flexibility index (Phi) is 7.96. The SMILES string of the molecule is CCCCCCCCCn1c(C(C)NC(=O)CC)nc2ccccc21. The van der Waals surface area contributed by atoms with Gasteiger partial charge in [-0.2, -0.15) is 0 Å². The summed E-state index contributed by atoms with van der Waals surface area (Å²) in [6.07, 6.45) is 9.58. The summed E-state index contributed by atoms with van der Waals surface area (Å²) >= 11 is 0. The van der Waals surface area contributed by atoms with E-state index in [1.165, 1.54) is 44.0 Å². The predicted octanol–water partition coefficient (Wildman–Crippen LogP) is 5.37. The summed E-state index contributed by atoms with van der Waals surface area (Å²) in [5.41, 5.74) is 2.18. The van der Waals surface area contributed by atoms with Crippen LogP contribution in [0.1, 0.15) is 84.0 Å². The minimum Gasteiger partial charge on any atom is -0.346 e. The molecule has 0 aliphatic carbocycles. The molecule has 1 amide bonds. The molecule has 1 heterocycles. The molecule has 25 heavy (non-hydrogen) atoms. The molecule has 1 aromatic heterocycles. The van der Waals surface area contributed by atoms with Crippen molar-refractivity contribution in [1.82, 2.24) is 14.9 Å². The number of aromatic nitrogens is 2. The standard InChI is InChI=1S/C21H33N3O/c1-4-6-7-8-9-10-13-16-24-19-15-12-11-14-18(19)23-21(24)17(3)22-20(25)5-2/h11-12,14-15,17H,4-10,13,16H2,1-3H3,(H,22,25). The van der Waals surface area contributed by atoms with E-state index in [4.69, 9.17) is 4.98 Å². The fourth-order valence-electron chi connectivity index (χ4n) is 3.29. The van der Waals surface area contributed by atoms with Crippen molar-refractivity contribution in [2.75, 3.05) is 0 Å². The van der Waals surface area contributed by atoms with Gasteiger partial charge < -0.3 is 9.88 Å². The van der Waals surface area contributed by atoms with Crippen LogP contribution in [0.25, 0.3) is 11.0 Å². The van der Waals surface area contributed by atoms with Gasteiger partial charge in [-0.1, -0.05) is 64.5 Å². The molecule has 0 radical (unpaired) electrons. The van der Waals surface area contributed by atoms with E-state index < -0.39 is 0 Å². The smallest absolute Gasteiger partial charge is 0.220 e. The fraction of sp³-hybridized carbons (Fsp3) is 0.619. The molecular formula is C21H33N3O. The number of hydrogen-bond donors (Lipinski definition) is 1. The van der Waals surface area contributed by atoms with Gasteiger partial charge in [0.15, 0.2) is 0 Å². The van der Waals surface area contributed by atoms with E-state index >= 15 is 0 Å². The molecule has 138 valence electrons. The van der Waals surface area contributed by atoms with E-state index in [9.17, 15) is 4.79 Å². The summed E-state index contributed by atoms with van der Waals surface area (Å²) < 4.78 is 2.29. The van der Waals surface area contributed by atoms with E-state index in [0.717, 1.165) is 24.3 Å². The third-order valence-corrected chi connectivity index (χ3v) is 4.76. The van der Waals surface area contributed by atoms with Gasteiger partial charge in [0.1, 0.15) is 5.82 Å². The predicted molar refractivity (Wildman–Crippen MR) is 105 cm³/mol. The van der Waals surface area contributed by atoms with Crippen LogP contribution in [0.15, 0.2) is 24.3 Å². The maximum atomic E-state index is 11.8. The van der Waals surface area contributed by atoms with Gasteiger partial charge in [0, 0.05) is 13.0 Å². The number of carbonyl (C=O) groups is 1. The molecule has 0 fully saturated rings. The first-order valence-electron chi connectivity index (χ1n) is 9.91. The van der Waals surface area contributed by atoms with Crippen LogP contribution in [0, 0.1) is 0 Å².